The van der Waals surface area contributed by atoms with Crippen LogP contribution in [0, 0.1) is 0 Å². The molecule has 3 nitrogen and oxygen atoms in total. The highest BCUT2D eigenvalue weighted by molar-refractivity contribution is 6.36. The van der Waals surface area contributed by atoms with Crippen molar-refractivity contribution in [1.29, 1.82) is 0 Å². The zero-order chi connectivity index (χ0) is 14.7. The van der Waals surface area contributed by atoms with E-state index >= 15 is 0 Å². The molecule has 112 valence electrons. The molecule has 0 aromatic heterocycles. The lowest BCUT2D eigenvalue weighted by Gasteiger charge is -2.43. The van der Waals surface area contributed by atoms with Crippen molar-refractivity contribution in [3.63, 3.8) is 0 Å². The molecule has 1 fully saturated rings. The third-order valence-electron chi connectivity index (χ3n) is 4.15. The highest BCUT2D eigenvalue weighted by Gasteiger charge is 2.30. The zero-order valence-electron chi connectivity index (χ0n) is 12.0. The van der Waals surface area contributed by atoms with E-state index in [1.54, 1.807) is 0 Å². The van der Waals surface area contributed by atoms with E-state index in [0.29, 0.717) is 16.1 Å². The number of rotatable bonds is 4. The van der Waals surface area contributed by atoms with Gasteiger partial charge in [-0.25, -0.2) is 0 Å². The quantitative estimate of drug-likeness (QED) is 0.925. The Bertz CT molecular complexity index is 435. The van der Waals surface area contributed by atoms with Crippen LogP contribution in [0.2, 0.25) is 10.0 Å². The van der Waals surface area contributed by atoms with Crippen molar-refractivity contribution < 1.29 is 5.11 Å². The van der Waals surface area contributed by atoms with Gasteiger partial charge in [-0.05, 0) is 25.6 Å². The summed E-state index contributed by atoms with van der Waals surface area (Å²) in [5.74, 6) is 0. The van der Waals surface area contributed by atoms with Crippen LogP contribution in [0.3, 0.4) is 0 Å². The largest absolute Gasteiger partial charge is 0.394 e. The molecule has 2 rings (SSSR count). The standard InChI is InChI=1S/C15H22Cl2N2O/c1-3-18-7-8-19(9-11(18)2)14(10-20)15-12(16)5-4-6-13(15)17/h4-6,11,14,20H,3,7-10H2,1-2H3. The highest BCUT2D eigenvalue weighted by atomic mass is 35.5. The van der Waals surface area contributed by atoms with E-state index in [0.717, 1.165) is 31.7 Å². The van der Waals surface area contributed by atoms with Crippen LogP contribution >= 0.6 is 23.2 Å². The lowest BCUT2D eigenvalue weighted by molar-refractivity contribution is 0.0368. The smallest absolute Gasteiger partial charge is 0.0629 e. The number of halogens is 2. The second-order valence-electron chi connectivity index (χ2n) is 5.31. The molecular formula is C15H22Cl2N2O. The zero-order valence-corrected chi connectivity index (χ0v) is 13.5. The first-order chi connectivity index (χ1) is 9.58. The van der Waals surface area contributed by atoms with Crippen LogP contribution in [0.15, 0.2) is 18.2 Å². The molecule has 0 bridgehead atoms. The molecule has 1 heterocycles. The molecule has 5 heteroatoms. The molecule has 0 aliphatic carbocycles. The Kier molecular flexibility index (Phi) is 5.70. The van der Waals surface area contributed by atoms with Crippen LogP contribution in [0.4, 0.5) is 0 Å². The lowest BCUT2D eigenvalue weighted by Crippen LogP contribution is -2.53. The first-order valence-electron chi connectivity index (χ1n) is 7.11. The van der Waals surface area contributed by atoms with Crippen molar-refractivity contribution in [2.75, 3.05) is 32.8 Å². The summed E-state index contributed by atoms with van der Waals surface area (Å²) < 4.78 is 0. The molecule has 2 atom stereocenters. The fraction of sp³-hybridized carbons (Fsp3) is 0.600. The summed E-state index contributed by atoms with van der Waals surface area (Å²) in [6.07, 6.45) is 0. The molecule has 1 N–H and O–H groups in total. The first kappa shape index (κ1) is 16.1. The first-order valence-corrected chi connectivity index (χ1v) is 7.87. The molecule has 0 radical (unpaired) electrons. The second kappa shape index (κ2) is 7.10. The van der Waals surface area contributed by atoms with Crippen LogP contribution in [-0.2, 0) is 0 Å². The van der Waals surface area contributed by atoms with Crippen molar-refractivity contribution >= 4 is 23.2 Å². The number of nitrogens with zero attached hydrogens (tertiary/aromatic N) is 2. The third-order valence-corrected chi connectivity index (χ3v) is 4.81. The average Bonchev–Trinajstić information content (AvgIpc) is 2.43. The minimum absolute atomic E-state index is 0.0301. The second-order valence-corrected chi connectivity index (χ2v) is 6.12. The number of aliphatic hydroxyl groups excluding tert-OH is 1. The molecule has 20 heavy (non-hydrogen) atoms. The predicted octanol–water partition coefficient (Wildman–Crippen LogP) is 3.05. The van der Waals surface area contributed by atoms with Crippen LogP contribution < -0.4 is 0 Å². The van der Waals surface area contributed by atoms with E-state index in [1.807, 2.05) is 18.2 Å². The van der Waals surface area contributed by atoms with Crippen molar-refractivity contribution in [2.24, 2.45) is 0 Å². The summed E-state index contributed by atoms with van der Waals surface area (Å²) in [4.78, 5) is 4.73. The monoisotopic (exact) mass is 316 g/mol. The summed E-state index contributed by atoms with van der Waals surface area (Å²) in [6.45, 7) is 8.34. The molecule has 0 saturated carbocycles. The van der Waals surface area contributed by atoms with Gasteiger partial charge in [0.1, 0.15) is 0 Å². The number of hydrogen-bond donors (Lipinski definition) is 1. The fourth-order valence-electron chi connectivity index (χ4n) is 2.99. The maximum absolute atomic E-state index is 9.82. The van der Waals surface area contributed by atoms with Gasteiger partial charge in [0, 0.05) is 41.3 Å². The molecule has 0 spiro atoms. The van der Waals surface area contributed by atoms with Crippen molar-refractivity contribution in [1.82, 2.24) is 9.80 Å². The summed E-state index contributed by atoms with van der Waals surface area (Å²) in [5, 5.41) is 11.1. The van der Waals surface area contributed by atoms with Crippen molar-refractivity contribution in [3.8, 4) is 0 Å². The number of benzene rings is 1. The van der Waals surface area contributed by atoms with Crippen LogP contribution in [0.1, 0.15) is 25.5 Å². The van der Waals surface area contributed by atoms with E-state index in [2.05, 4.69) is 23.6 Å². The number of hydrogen-bond acceptors (Lipinski definition) is 3. The van der Waals surface area contributed by atoms with Gasteiger partial charge in [-0.15, -0.1) is 0 Å². The van der Waals surface area contributed by atoms with E-state index in [1.165, 1.54) is 0 Å². The Hall–Kier alpha value is -0.320. The molecule has 1 aromatic carbocycles. The van der Waals surface area contributed by atoms with Crippen LogP contribution in [0.5, 0.6) is 0 Å². The van der Waals surface area contributed by atoms with Crippen LogP contribution in [0.25, 0.3) is 0 Å². The Morgan fingerprint density at radius 1 is 1.30 bits per heavy atom. The lowest BCUT2D eigenvalue weighted by atomic mass is 10.0. The minimum atomic E-state index is -0.127. The van der Waals surface area contributed by atoms with Gasteiger partial charge in [0.2, 0.25) is 0 Å². The Morgan fingerprint density at radius 3 is 2.45 bits per heavy atom. The number of aliphatic hydroxyl groups is 1. The van der Waals surface area contributed by atoms with Gasteiger partial charge in [0.25, 0.3) is 0 Å². The molecular weight excluding hydrogens is 295 g/mol. The molecule has 1 aromatic rings. The SMILES string of the molecule is CCN1CCN(C(CO)c2c(Cl)cccc2Cl)CC1C. The Labute approximate surface area is 131 Å². The van der Waals surface area contributed by atoms with Gasteiger partial charge in [-0.2, -0.15) is 0 Å². The summed E-state index contributed by atoms with van der Waals surface area (Å²) >= 11 is 12.6. The van der Waals surface area contributed by atoms with E-state index in [9.17, 15) is 5.11 Å². The average molecular weight is 317 g/mol. The van der Waals surface area contributed by atoms with Crippen molar-refractivity contribution in [2.45, 2.75) is 25.9 Å². The van der Waals surface area contributed by atoms with Gasteiger partial charge in [-0.3, -0.25) is 9.80 Å². The molecule has 0 amide bonds. The van der Waals surface area contributed by atoms with Crippen molar-refractivity contribution in [3.05, 3.63) is 33.8 Å². The third kappa shape index (κ3) is 3.29. The number of likely N-dealkylation sites (N-methyl/N-ethyl adjacent to an activating group) is 1. The van der Waals surface area contributed by atoms with Gasteiger partial charge in [-0.1, -0.05) is 36.2 Å². The van der Waals surface area contributed by atoms with E-state index in [-0.39, 0.29) is 12.6 Å². The van der Waals surface area contributed by atoms with E-state index in [4.69, 9.17) is 23.2 Å². The minimum Gasteiger partial charge on any atom is -0.394 e. The topological polar surface area (TPSA) is 26.7 Å². The summed E-state index contributed by atoms with van der Waals surface area (Å²) in [5.41, 5.74) is 0.843. The van der Waals surface area contributed by atoms with Gasteiger partial charge in [0.05, 0.1) is 12.6 Å². The molecule has 1 aliphatic heterocycles. The van der Waals surface area contributed by atoms with E-state index < -0.39 is 0 Å². The maximum atomic E-state index is 9.82. The van der Waals surface area contributed by atoms with Gasteiger partial charge in [0.15, 0.2) is 0 Å². The molecule has 1 aliphatic rings. The summed E-state index contributed by atoms with van der Waals surface area (Å²) in [7, 11) is 0. The maximum Gasteiger partial charge on any atom is 0.0629 e. The molecule has 1 saturated heterocycles. The molecule has 2 unspecified atom stereocenters. The Morgan fingerprint density at radius 2 is 1.95 bits per heavy atom. The fourth-order valence-corrected chi connectivity index (χ4v) is 3.64. The highest BCUT2D eigenvalue weighted by Crippen LogP contribution is 2.34. The Balaban J connectivity index is 2.21. The number of piperazine rings is 1. The predicted molar refractivity (Wildman–Crippen MR) is 84.6 cm³/mol. The van der Waals surface area contributed by atoms with Gasteiger partial charge >= 0.3 is 0 Å². The van der Waals surface area contributed by atoms with Gasteiger partial charge < -0.3 is 5.11 Å². The summed E-state index contributed by atoms with van der Waals surface area (Å²) in [6, 6.07) is 5.84. The van der Waals surface area contributed by atoms with Crippen LogP contribution in [-0.4, -0.2) is 53.7 Å². The normalized spacial score (nSPS) is 22.9.